The molecule has 0 N–H and O–H groups in total. The van der Waals surface area contributed by atoms with Gasteiger partial charge in [-0.05, 0) is 78.5 Å². The Labute approximate surface area is 131 Å². The largest absolute Gasteiger partial charge is 0.0933 e. The van der Waals surface area contributed by atoms with Gasteiger partial charge in [-0.25, -0.2) is 0 Å². The molecule has 0 radical (unpaired) electrons. The summed E-state index contributed by atoms with van der Waals surface area (Å²) in [6.07, 6.45) is 4.71. The zero-order chi connectivity index (χ0) is 14.8. The molecule has 0 aromatic heterocycles. The third kappa shape index (κ3) is 3.39. The van der Waals surface area contributed by atoms with Crippen molar-refractivity contribution in [2.75, 3.05) is 20.0 Å². The summed E-state index contributed by atoms with van der Waals surface area (Å²) in [6, 6.07) is 14.4. The van der Waals surface area contributed by atoms with Gasteiger partial charge < -0.3 is 0 Å². The maximum Gasteiger partial charge on any atom is -0.0211 e. The second-order valence-corrected chi connectivity index (χ2v) is 9.41. The summed E-state index contributed by atoms with van der Waals surface area (Å²) < 4.78 is 0. The molecule has 110 valence electrons. The molecule has 0 fully saturated rings. The molecule has 2 aromatic carbocycles. The molecule has 0 amide bonds. The zero-order valence-electron chi connectivity index (χ0n) is 13.2. The van der Waals surface area contributed by atoms with E-state index in [0.717, 1.165) is 8.58 Å². The summed E-state index contributed by atoms with van der Waals surface area (Å²) in [5.74, 6) is 0. The lowest BCUT2D eigenvalue weighted by Gasteiger charge is -2.18. The fourth-order valence-electron chi connectivity index (χ4n) is 3.18. The highest BCUT2D eigenvalue weighted by molar-refractivity contribution is 7.64. The summed E-state index contributed by atoms with van der Waals surface area (Å²) in [7, 11) is 0.895. The molecule has 0 saturated heterocycles. The van der Waals surface area contributed by atoms with Gasteiger partial charge in [-0.1, -0.05) is 52.9 Å². The molecule has 2 heteroatoms. The van der Waals surface area contributed by atoms with Gasteiger partial charge in [0.25, 0.3) is 0 Å². The molecule has 2 aromatic rings. The zero-order valence-corrected chi connectivity index (χ0v) is 15.1. The van der Waals surface area contributed by atoms with Gasteiger partial charge in [0.2, 0.25) is 0 Å². The molecule has 6 rings (SSSR count). The van der Waals surface area contributed by atoms with E-state index < -0.39 is 0 Å². The lowest BCUT2D eigenvalue weighted by molar-refractivity contribution is 0.933. The maximum absolute atomic E-state index is 2.49. The van der Waals surface area contributed by atoms with Crippen LogP contribution in [0, 0.1) is 0 Å². The van der Waals surface area contributed by atoms with Crippen molar-refractivity contribution in [2.24, 2.45) is 0 Å². The van der Waals surface area contributed by atoms with E-state index in [1.165, 1.54) is 36.8 Å². The summed E-state index contributed by atoms with van der Waals surface area (Å²) in [4.78, 5) is 0. The van der Waals surface area contributed by atoms with Crippen LogP contribution >= 0.6 is 16.5 Å². The molecule has 4 bridgehead atoms. The lowest BCUT2D eigenvalue weighted by Crippen LogP contribution is -2.14. The van der Waals surface area contributed by atoms with Crippen LogP contribution in [0.3, 0.4) is 0 Å². The molecular formula is C19H24P2. The Kier molecular flexibility index (Phi) is 4.78. The molecule has 1 unspecified atom stereocenters. The first-order valence-corrected chi connectivity index (χ1v) is 11.5. The highest BCUT2D eigenvalue weighted by Gasteiger charge is 2.11. The number of rotatable bonds is 2. The van der Waals surface area contributed by atoms with Gasteiger partial charge in [0.05, 0.1) is 0 Å². The first kappa shape index (κ1) is 15.2. The molecule has 21 heavy (non-hydrogen) atoms. The molecule has 0 saturated carbocycles. The molecule has 4 aliphatic carbocycles. The summed E-state index contributed by atoms with van der Waals surface area (Å²) in [5.41, 5.74) is 6.15. The highest BCUT2D eigenvalue weighted by Crippen LogP contribution is 2.28. The predicted octanol–water partition coefficient (Wildman–Crippen LogP) is 3.87. The quantitative estimate of drug-likeness (QED) is 0.738. The normalized spacial score (nSPS) is 14.9. The van der Waals surface area contributed by atoms with Crippen molar-refractivity contribution < 1.29 is 0 Å². The number of hydrogen-bond donors (Lipinski definition) is 0. The highest BCUT2D eigenvalue weighted by atomic mass is 31.1. The predicted molar refractivity (Wildman–Crippen MR) is 100.0 cm³/mol. The number of hydrogen-bond acceptors (Lipinski definition) is 0. The van der Waals surface area contributed by atoms with Crippen LogP contribution in [0.2, 0.25) is 0 Å². The average Bonchev–Trinajstić information content (AvgIpc) is 2.49. The van der Waals surface area contributed by atoms with Gasteiger partial charge in [0, 0.05) is 0 Å². The van der Waals surface area contributed by atoms with E-state index in [0.29, 0.717) is 0 Å². The van der Waals surface area contributed by atoms with Crippen LogP contribution < -0.4 is 10.6 Å². The van der Waals surface area contributed by atoms with Gasteiger partial charge in [-0.15, -0.1) is 0 Å². The van der Waals surface area contributed by atoms with Gasteiger partial charge in [-0.3, -0.25) is 0 Å². The van der Waals surface area contributed by atoms with Gasteiger partial charge >= 0.3 is 0 Å². The smallest absolute Gasteiger partial charge is 0.0211 e. The molecule has 1 atom stereocenters. The molecular weight excluding hydrogens is 290 g/mol. The van der Waals surface area contributed by atoms with Gasteiger partial charge in [0.15, 0.2) is 0 Å². The fourth-order valence-corrected chi connectivity index (χ4v) is 5.22. The molecule has 0 aliphatic heterocycles. The Morgan fingerprint density at radius 3 is 2.10 bits per heavy atom. The third-order valence-electron chi connectivity index (χ3n) is 4.44. The Balaban J connectivity index is 2.02. The van der Waals surface area contributed by atoms with Crippen LogP contribution in [0.25, 0.3) is 0 Å². The van der Waals surface area contributed by atoms with Crippen molar-refractivity contribution in [3.63, 3.8) is 0 Å². The fraction of sp³-hybridized carbons (Fsp3) is 0.368. The molecule has 0 nitrogen and oxygen atoms in total. The molecule has 0 heterocycles. The average molecular weight is 314 g/mol. The van der Waals surface area contributed by atoms with Crippen LogP contribution in [0.5, 0.6) is 0 Å². The van der Waals surface area contributed by atoms with Gasteiger partial charge in [-0.2, -0.15) is 0 Å². The Morgan fingerprint density at radius 1 is 0.810 bits per heavy atom. The first-order chi connectivity index (χ1) is 10.2. The van der Waals surface area contributed by atoms with Crippen molar-refractivity contribution in [2.45, 2.75) is 25.7 Å². The molecule has 4 aliphatic rings. The third-order valence-corrected chi connectivity index (χ3v) is 6.83. The second-order valence-electron chi connectivity index (χ2n) is 6.10. The molecule has 0 spiro atoms. The van der Waals surface area contributed by atoms with Crippen LogP contribution in [-0.4, -0.2) is 20.0 Å². The minimum absolute atomic E-state index is 0.0135. The van der Waals surface area contributed by atoms with E-state index >= 15 is 0 Å². The van der Waals surface area contributed by atoms with Crippen molar-refractivity contribution in [1.29, 1.82) is 0 Å². The van der Waals surface area contributed by atoms with E-state index in [1.807, 2.05) is 0 Å². The summed E-state index contributed by atoms with van der Waals surface area (Å²) in [5, 5.41) is 3.20. The van der Waals surface area contributed by atoms with Crippen LogP contribution in [0.15, 0.2) is 36.4 Å². The van der Waals surface area contributed by atoms with Crippen molar-refractivity contribution in [3.8, 4) is 0 Å². The standard InChI is InChI=1S/C19H24P2/c1-20-18-12-14-4-8-16(18)9-5-15-7-11-17(10-6-14)19(13-15)21(2)3/h4,7-8,11-13,20H,5-6,9-10H2,1-3H3. The monoisotopic (exact) mass is 314 g/mol. The van der Waals surface area contributed by atoms with E-state index in [4.69, 9.17) is 0 Å². The minimum atomic E-state index is -0.0135. The van der Waals surface area contributed by atoms with Crippen LogP contribution in [0.1, 0.15) is 22.3 Å². The van der Waals surface area contributed by atoms with Crippen molar-refractivity contribution in [3.05, 3.63) is 58.7 Å². The Bertz CT molecular complexity index is 644. The summed E-state index contributed by atoms with van der Waals surface area (Å²) >= 11 is 0. The Morgan fingerprint density at radius 2 is 1.43 bits per heavy atom. The van der Waals surface area contributed by atoms with Crippen molar-refractivity contribution >= 4 is 27.1 Å². The minimum Gasteiger partial charge on any atom is -0.0933 e. The van der Waals surface area contributed by atoms with E-state index in [1.54, 1.807) is 21.7 Å². The van der Waals surface area contributed by atoms with E-state index in [9.17, 15) is 0 Å². The maximum atomic E-state index is 2.49. The van der Waals surface area contributed by atoms with Crippen LogP contribution in [-0.2, 0) is 25.7 Å². The SMILES string of the molecule is CPc1cc2ccc1CCc1ccc(c(P(C)C)c1)CC2. The van der Waals surface area contributed by atoms with Crippen LogP contribution in [0.4, 0.5) is 0 Å². The number of aryl methyl sites for hydroxylation is 4. The second kappa shape index (κ2) is 6.60. The Hall–Kier alpha value is -0.700. The summed E-state index contributed by atoms with van der Waals surface area (Å²) in [6.45, 7) is 7.07. The van der Waals surface area contributed by atoms with E-state index in [-0.39, 0.29) is 7.92 Å². The lowest BCUT2D eigenvalue weighted by atomic mass is 9.96. The van der Waals surface area contributed by atoms with Gasteiger partial charge in [0.1, 0.15) is 0 Å². The first-order valence-electron chi connectivity index (χ1n) is 7.76. The van der Waals surface area contributed by atoms with Crippen molar-refractivity contribution in [1.82, 2.24) is 0 Å². The number of benzene rings is 2. The van der Waals surface area contributed by atoms with E-state index in [2.05, 4.69) is 56.4 Å². The topological polar surface area (TPSA) is 0 Å².